The fourth-order valence-electron chi connectivity index (χ4n) is 1.25. The molecule has 6 nitrogen and oxygen atoms in total. The van der Waals surface area contributed by atoms with E-state index in [1.807, 2.05) is 0 Å². The maximum Gasteiger partial charge on any atom is 0.256 e. The maximum absolute atomic E-state index is 5.83. The lowest BCUT2D eigenvalue weighted by molar-refractivity contribution is 0.612. The Bertz CT molecular complexity index is 467. The molecular formula is C9H11ClN6. The van der Waals surface area contributed by atoms with Crippen LogP contribution in [0.5, 0.6) is 0 Å². The van der Waals surface area contributed by atoms with Crippen LogP contribution in [-0.2, 0) is 6.42 Å². The normalized spacial score (nSPS) is 11.0. The Morgan fingerprint density at radius 3 is 2.75 bits per heavy atom. The molecule has 0 atom stereocenters. The van der Waals surface area contributed by atoms with Gasteiger partial charge in [-0.15, -0.1) is 0 Å². The Kier molecular flexibility index (Phi) is 3.09. The predicted octanol–water partition coefficient (Wildman–Crippen LogP) is 1.30. The molecule has 0 aliphatic heterocycles. The second-order valence-corrected chi connectivity index (χ2v) is 4.10. The Labute approximate surface area is 97.7 Å². The molecule has 0 spiro atoms. The van der Waals surface area contributed by atoms with E-state index in [9.17, 15) is 0 Å². The van der Waals surface area contributed by atoms with Crippen LogP contribution in [0, 0.1) is 5.92 Å². The van der Waals surface area contributed by atoms with E-state index in [1.165, 1.54) is 17.3 Å². The van der Waals surface area contributed by atoms with Gasteiger partial charge in [0.2, 0.25) is 5.28 Å². The van der Waals surface area contributed by atoms with Crippen molar-refractivity contribution in [3.8, 4) is 5.95 Å². The van der Waals surface area contributed by atoms with Crippen molar-refractivity contribution >= 4 is 11.6 Å². The number of aromatic nitrogens is 6. The first-order valence-corrected chi connectivity index (χ1v) is 5.28. The Morgan fingerprint density at radius 2 is 2.12 bits per heavy atom. The van der Waals surface area contributed by atoms with Crippen molar-refractivity contribution < 1.29 is 0 Å². The van der Waals surface area contributed by atoms with E-state index in [0.717, 1.165) is 6.42 Å². The first kappa shape index (κ1) is 10.9. The summed E-state index contributed by atoms with van der Waals surface area (Å²) in [5.41, 5.74) is 0. The van der Waals surface area contributed by atoms with Crippen LogP contribution in [0.4, 0.5) is 0 Å². The summed E-state index contributed by atoms with van der Waals surface area (Å²) in [7, 11) is 0. The zero-order valence-electron chi connectivity index (χ0n) is 9.00. The Morgan fingerprint density at radius 1 is 1.31 bits per heavy atom. The van der Waals surface area contributed by atoms with Crippen LogP contribution in [0.15, 0.2) is 12.7 Å². The van der Waals surface area contributed by atoms with Gasteiger partial charge in [-0.2, -0.15) is 19.7 Å². The number of nitrogens with zero attached hydrogens (tertiary/aromatic N) is 6. The van der Waals surface area contributed by atoms with E-state index in [1.54, 1.807) is 0 Å². The fourth-order valence-corrected chi connectivity index (χ4v) is 1.42. The Hall–Kier alpha value is -1.56. The number of rotatable bonds is 3. The van der Waals surface area contributed by atoms with Gasteiger partial charge in [0.05, 0.1) is 0 Å². The third-order valence-electron chi connectivity index (χ3n) is 1.86. The summed E-state index contributed by atoms with van der Waals surface area (Å²) < 4.78 is 1.46. The zero-order chi connectivity index (χ0) is 11.5. The van der Waals surface area contributed by atoms with Crippen LogP contribution in [0.25, 0.3) is 5.95 Å². The summed E-state index contributed by atoms with van der Waals surface area (Å²) >= 11 is 5.83. The van der Waals surface area contributed by atoms with Gasteiger partial charge in [0.25, 0.3) is 5.95 Å². The third-order valence-corrected chi connectivity index (χ3v) is 2.03. The Balaban J connectivity index is 2.36. The fraction of sp³-hybridized carbons (Fsp3) is 0.444. The van der Waals surface area contributed by atoms with Crippen LogP contribution in [0.3, 0.4) is 0 Å². The minimum Gasteiger partial charge on any atom is -0.223 e. The lowest BCUT2D eigenvalue weighted by Gasteiger charge is -2.05. The molecule has 84 valence electrons. The minimum atomic E-state index is 0.177. The van der Waals surface area contributed by atoms with Gasteiger partial charge in [-0.25, -0.2) is 9.97 Å². The van der Waals surface area contributed by atoms with Gasteiger partial charge in [-0.1, -0.05) is 13.8 Å². The molecule has 0 saturated carbocycles. The molecule has 0 aliphatic carbocycles. The van der Waals surface area contributed by atoms with Crippen LogP contribution in [0.1, 0.15) is 19.7 Å². The quantitative estimate of drug-likeness (QED) is 0.806. The molecule has 16 heavy (non-hydrogen) atoms. The molecule has 0 saturated heterocycles. The van der Waals surface area contributed by atoms with Crippen molar-refractivity contribution in [3.05, 3.63) is 23.8 Å². The molecular weight excluding hydrogens is 228 g/mol. The largest absolute Gasteiger partial charge is 0.256 e. The molecule has 7 heteroatoms. The summed E-state index contributed by atoms with van der Waals surface area (Å²) in [5, 5.41) is 4.12. The van der Waals surface area contributed by atoms with E-state index < -0.39 is 0 Å². The van der Waals surface area contributed by atoms with Gasteiger partial charge in [0.1, 0.15) is 18.5 Å². The lowest BCUT2D eigenvalue weighted by atomic mass is 10.1. The summed E-state index contributed by atoms with van der Waals surface area (Å²) in [6.45, 7) is 4.18. The van der Waals surface area contributed by atoms with Gasteiger partial charge in [0.15, 0.2) is 0 Å². The highest BCUT2D eigenvalue weighted by Crippen LogP contribution is 2.08. The average molecular weight is 239 g/mol. The molecule has 2 aromatic heterocycles. The van der Waals surface area contributed by atoms with Crippen molar-refractivity contribution in [3.63, 3.8) is 0 Å². The van der Waals surface area contributed by atoms with Gasteiger partial charge in [-0.05, 0) is 17.5 Å². The predicted molar refractivity (Wildman–Crippen MR) is 58.3 cm³/mol. The van der Waals surface area contributed by atoms with Crippen LogP contribution < -0.4 is 0 Å². The van der Waals surface area contributed by atoms with Gasteiger partial charge >= 0.3 is 0 Å². The van der Waals surface area contributed by atoms with Crippen molar-refractivity contribution in [2.24, 2.45) is 5.92 Å². The van der Waals surface area contributed by atoms with E-state index in [4.69, 9.17) is 11.6 Å². The average Bonchev–Trinajstić information content (AvgIpc) is 2.67. The molecule has 0 amide bonds. The summed E-state index contributed by atoms with van der Waals surface area (Å²) in [6, 6.07) is 0. The molecule has 0 aromatic carbocycles. The standard InChI is InChI=1S/C9H11ClN6/c1-6(2)3-7-13-8(10)15-9(14-7)16-5-11-4-12-16/h4-6H,3H2,1-2H3. The SMILES string of the molecule is CC(C)Cc1nc(Cl)nc(-n2cncn2)n1. The van der Waals surface area contributed by atoms with E-state index >= 15 is 0 Å². The molecule has 0 N–H and O–H groups in total. The topological polar surface area (TPSA) is 69.4 Å². The van der Waals surface area contributed by atoms with Crippen LogP contribution in [0.2, 0.25) is 5.28 Å². The highest BCUT2D eigenvalue weighted by atomic mass is 35.5. The first-order valence-electron chi connectivity index (χ1n) is 4.90. The second-order valence-electron chi connectivity index (χ2n) is 3.76. The molecule has 2 aromatic rings. The van der Waals surface area contributed by atoms with Crippen LogP contribution >= 0.6 is 11.6 Å². The maximum atomic E-state index is 5.83. The monoisotopic (exact) mass is 238 g/mol. The van der Waals surface area contributed by atoms with Gasteiger partial charge < -0.3 is 0 Å². The minimum absolute atomic E-state index is 0.177. The summed E-state index contributed by atoms with van der Waals surface area (Å²) in [6.07, 6.45) is 3.69. The first-order chi connectivity index (χ1) is 7.65. The van der Waals surface area contributed by atoms with Gasteiger partial charge in [0, 0.05) is 6.42 Å². The van der Waals surface area contributed by atoms with Crippen molar-refractivity contribution in [1.29, 1.82) is 0 Å². The smallest absolute Gasteiger partial charge is 0.223 e. The second kappa shape index (κ2) is 4.52. The molecule has 0 unspecified atom stereocenters. The number of halogens is 1. The van der Waals surface area contributed by atoms with E-state index in [-0.39, 0.29) is 5.28 Å². The van der Waals surface area contributed by atoms with Crippen molar-refractivity contribution in [2.45, 2.75) is 20.3 Å². The number of hydrogen-bond donors (Lipinski definition) is 0. The highest BCUT2D eigenvalue weighted by Gasteiger charge is 2.08. The molecule has 0 fully saturated rings. The van der Waals surface area contributed by atoms with Crippen molar-refractivity contribution in [2.75, 3.05) is 0 Å². The summed E-state index contributed by atoms with van der Waals surface area (Å²) in [5.74, 6) is 1.52. The third kappa shape index (κ3) is 2.52. The molecule has 2 heterocycles. The lowest BCUT2D eigenvalue weighted by Crippen LogP contribution is -2.09. The highest BCUT2D eigenvalue weighted by molar-refractivity contribution is 6.28. The molecule has 2 rings (SSSR count). The zero-order valence-corrected chi connectivity index (χ0v) is 9.76. The molecule has 0 aliphatic rings. The van der Waals surface area contributed by atoms with E-state index in [2.05, 4.69) is 38.9 Å². The number of hydrogen-bond acceptors (Lipinski definition) is 5. The van der Waals surface area contributed by atoms with Gasteiger partial charge in [-0.3, -0.25) is 0 Å². The molecule has 0 bridgehead atoms. The van der Waals surface area contributed by atoms with Crippen molar-refractivity contribution in [1.82, 2.24) is 29.7 Å². The van der Waals surface area contributed by atoms with Crippen LogP contribution in [-0.4, -0.2) is 29.7 Å². The summed E-state index contributed by atoms with van der Waals surface area (Å²) in [4.78, 5) is 16.2. The molecule has 0 radical (unpaired) electrons. The van der Waals surface area contributed by atoms with E-state index in [0.29, 0.717) is 17.7 Å².